The van der Waals surface area contributed by atoms with Crippen molar-refractivity contribution >= 4 is 5.91 Å². The first-order valence-electron chi connectivity index (χ1n) is 7.30. The van der Waals surface area contributed by atoms with Gasteiger partial charge in [0.25, 0.3) is 5.92 Å². The summed E-state index contributed by atoms with van der Waals surface area (Å²) in [6.07, 6.45) is 1.16. The first kappa shape index (κ1) is 14.4. The van der Waals surface area contributed by atoms with Gasteiger partial charge in [0.05, 0.1) is 5.69 Å². The van der Waals surface area contributed by atoms with Crippen molar-refractivity contribution in [3.05, 3.63) is 18.0 Å². The maximum atomic E-state index is 12.9. The fraction of sp³-hybridized carbons (Fsp3) is 0.714. The largest absolute Gasteiger partial charge is 0.351 e. The predicted molar refractivity (Wildman–Crippen MR) is 72.9 cm³/mol. The maximum Gasteiger partial charge on any atom is 0.252 e. The summed E-state index contributed by atoms with van der Waals surface area (Å²) in [4.78, 5) is 14.6. The molecule has 0 bridgehead atoms. The number of rotatable bonds is 3. The van der Waals surface area contributed by atoms with Gasteiger partial charge in [-0.15, -0.1) is 0 Å². The molecule has 0 saturated heterocycles. The third-order valence-electron chi connectivity index (χ3n) is 4.29. The highest BCUT2D eigenvalue weighted by atomic mass is 19.3. The number of nitrogens with one attached hydrogen (secondary N) is 1. The van der Waals surface area contributed by atoms with E-state index >= 15 is 0 Å². The fourth-order valence-electron chi connectivity index (χ4n) is 2.97. The number of nitrogens with zero attached hydrogens (tertiary/aromatic N) is 3. The lowest BCUT2D eigenvalue weighted by molar-refractivity contribution is -0.133. The second-order valence-electron chi connectivity index (χ2n) is 6.28. The van der Waals surface area contributed by atoms with Crippen LogP contribution in [0.1, 0.15) is 38.4 Å². The Balaban J connectivity index is 1.70. The molecule has 1 fully saturated rings. The van der Waals surface area contributed by atoms with Gasteiger partial charge in [0.2, 0.25) is 5.91 Å². The molecule has 1 saturated carbocycles. The molecule has 2 heterocycles. The normalized spacial score (nSPS) is 25.5. The summed E-state index contributed by atoms with van der Waals surface area (Å²) < 4.78 is 27.4. The molecular weight excluding hydrogens is 278 g/mol. The first-order chi connectivity index (χ1) is 9.85. The third-order valence-corrected chi connectivity index (χ3v) is 4.29. The van der Waals surface area contributed by atoms with Gasteiger partial charge in [0.15, 0.2) is 0 Å². The Morgan fingerprint density at radius 3 is 2.81 bits per heavy atom. The highest BCUT2D eigenvalue weighted by Gasteiger charge is 2.46. The van der Waals surface area contributed by atoms with Gasteiger partial charge in [-0.2, -0.15) is 5.10 Å². The number of halogens is 2. The van der Waals surface area contributed by atoms with Gasteiger partial charge in [-0.3, -0.25) is 14.4 Å². The lowest BCUT2D eigenvalue weighted by Crippen LogP contribution is -2.54. The Kier molecular flexibility index (Phi) is 3.47. The Hall–Kier alpha value is -1.50. The van der Waals surface area contributed by atoms with Crippen LogP contribution >= 0.6 is 0 Å². The summed E-state index contributed by atoms with van der Waals surface area (Å²) in [7, 11) is 0. The zero-order valence-corrected chi connectivity index (χ0v) is 12.2. The maximum absolute atomic E-state index is 12.9. The quantitative estimate of drug-likeness (QED) is 0.921. The molecule has 0 aromatic carbocycles. The molecule has 1 atom stereocenters. The van der Waals surface area contributed by atoms with Crippen LogP contribution in [0, 0.1) is 0 Å². The second kappa shape index (κ2) is 5.05. The molecule has 0 spiro atoms. The third kappa shape index (κ3) is 2.79. The fourth-order valence-corrected chi connectivity index (χ4v) is 2.97. The van der Waals surface area contributed by atoms with Crippen molar-refractivity contribution in [2.24, 2.45) is 0 Å². The number of carbonyl (C=O) groups is 1. The molecular formula is C14H20F2N4O. The van der Waals surface area contributed by atoms with Crippen molar-refractivity contribution in [3.8, 4) is 0 Å². The average Bonchev–Trinajstić information content (AvgIpc) is 2.82. The number of alkyl halides is 2. The van der Waals surface area contributed by atoms with E-state index in [-0.39, 0.29) is 18.7 Å². The van der Waals surface area contributed by atoms with Gasteiger partial charge in [-0.1, -0.05) is 0 Å². The summed E-state index contributed by atoms with van der Waals surface area (Å²) in [5.74, 6) is -2.84. The first-order valence-corrected chi connectivity index (χ1v) is 7.30. The monoisotopic (exact) mass is 298 g/mol. The van der Waals surface area contributed by atoms with Crippen LogP contribution in [-0.2, 0) is 11.3 Å². The van der Waals surface area contributed by atoms with E-state index in [0.717, 1.165) is 12.2 Å². The van der Waals surface area contributed by atoms with Gasteiger partial charge in [0, 0.05) is 44.2 Å². The molecule has 21 heavy (non-hydrogen) atoms. The van der Waals surface area contributed by atoms with Crippen LogP contribution in [0.5, 0.6) is 0 Å². The average molecular weight is 298 g/mol. The lowest BCUT2D eigenvalue weighted by atomic mass is 9.88. The zero-order valence-electron chi connectivity index (χ0n) is 12.2. The highest BCUT2D eigenvalue weighted by molar-refractivity contribution is 5.81. The summed E-state index contributed by atoms with van der Waals surface area (Å²) in [6.45, 7) is 5.46. The van der Waals surface area contributed by atoms with Crippen LogP contribution in [0.15, 0.2) is 12.3 Å². The molecule has 1 aliphatic heterocycles. The number of amides is 1. The Labute approximate surface area is 122 Å². The van der Waals surface area contributed by atoms with Crippen molar-refractivity contribution in [3.63, 3.8) is 0 Å². The topological polar surface area (TPSA) is 50.2 Å². The number of hydrogen-bond donors (Lipinski definition) is 1. The van der Waals surface area contributed by atoms with Crippen LogP contribution in [-0.4, -0.2) is 45.1 Å². The van der Waals surface area contributed by atoms with Crippen molar-refractivity contribution in [1.82, 2.24) is 20.0 Å². The zero-order chi connectivity index (χ0) is 15.2. The van der Waals surface area contributed by atoms with E-state index in [4.69, 9.17) is 0 Å². The molecule has 0 radical (unpaired) electrons. The smallest absolute Gasteiger partial charge is 0.252 e. The highest BCUT2D eigenvalue weighted by Crippen LogP contribution is 2.37. The summed E-state index contributed by atoms with van der Waals surface area (Å²) >= 11 is 0. The molecule has 5 nitrogen and oxygen atoms in total. The van der Waals surface area contributed by atoms with Gasteiger partial charge in [-0.25, -0.2) is 8.78 Å². The summed E-state index contributed by atoms with van der Waals surface area (Å²) in [6, 6.07) is 1.35. The van der Waals surface area contributed by atoms with Crippen LogP contribution in [0.25, 0.3) is 0 Å². The molecule has 1 aromatic rings. The van der Waals surface area contributed by atoms with Gasteiger partial charge in [0.1, 0.15) is 6.04 Å². The van der Waals surface area contributed by atoms with Crippen LogP contribution in [0.4, 0.5) is 8.78 Å². The minimum absolute atomic E-state index is 0.217. The van der Waals surface area contributed by atoms with Crippen molar-refractivity contribution in [2.45, 2.75) is 57.3 Å². The number of fused-ring (bicyclic) bond motifs is 1. The number of hydrogen-bond acceptors (Lipinski definition) is 3. The molecule has 7 heteroatoms. The van der Waals surface area contributed by atoms with Crippen LogP contribution in [0.3, 0.4) is 0 Å². The van der Waals surface area contributed by atoms with E-state index in [1.165, 1.54) is 0 Å². The minimum Gasteiger partial charge on any atom is -0.351 e. The van der Waals surface area contributed by atoms with Crippen molar-refractivity contribution < 1.29 is 13.6 Å². The minimum atomic E-state index is -2.62. The lowest BCUT2D eigenvalue weighted by Gasteiger charge is -2.39. The van der Waals surface area contributed by atoms with Crippen LogP contribution < -0.4 is 5.32 Å². The van der Waals surface area contributed by atoms with E-state index in [1.54, 1.807) is 10.9 Å². The van der Waals surface area contributed by atoms with E-state index in [0.29, 0.717) is 12.6 Å². The Bertz CT molecular complexity index is 535. The molecule has 2 aliphatic rings. The van der Waals surface area contributed by atoms with Gasteiger partial charge < -0.3 is 5.32 Å². The van der Waals surface area contributed by atoms with E-state index in [1.807, 2.05) is 6.07 Å². The molecule has 1 N–H and O–H groups in total. The summed E-state index contributed by atoms with van der Waals surface area (Å²) in [5.41, 5.74) is 0.981. The van der Waals surface area contributed by atoms with Crippen molar-refractivity contribution in [1.29, 1.82) is 0 Å². The standard InChI is InChI=1S/C14H20F2N4O/c1-9(2)19-7-11-3-4-17-20(11)12(8-19)13(21)18-10-5-14(15,16)6-10/h3-4,9-10,12H,5-8H2,1-2H3,(H,18,21). The Morgan fingerprint density at radius 2 is 2.19 bits per heavy atom. The molecule has 1 aliphatic carbocycles. The van der Waals surface area contributed by atoms with Crippen LogP contribution in [0.2, 0.25) is 0 Å². The number of carbonyl (C=O) groups excluding carboxylic acids is 1. The second-order valence-corrected chi connectivity index (χ2v) is 6.28. The van der Waals surface area contributed by atoms with Gasteiger partial charge >= 0.3 is 0 Å². The SMILES string of the molecule is CC(C)N1Cc2ccnn2C(C(=O)NC2CC(F)(F)C2)C1. The summed E-state index contributed by atoms with van der Waals surface area (Å²) in [5, 5.41) is 6.94. The molecule has 116 valence electrons. The van der Waals surface area contributed by atoms with E-state index < -0.39 is 18.0 Å². The molecule has 1 aromatic heterocycles. The molecule has 3 rings (SSSR count). The molecule has 1 unspecified atom stereocenters. The Morgan fingerprint density at radius 1 is 1.48 bits per heavy atom. The predicted octanol–water partition coefficient (Wildman–Crippen LogP) is 1.56. The van der Waals surface area contributed by atoms with Gasteiger partial charge in [-0.05, 0) is 19.9 Å². The van der Waals surface area contributed by atoms with Crippen molar-refractivity contribution in [2.75, 3.05) is 6.54 Å². The van der Waals surface area contributed by atoms with E-state index in [9.17, 15) is 13.6 Å². The number of aromatic nitrogens is 2. The van der Waals surface area contributed by atoms with E-state index in [2.05, 4.69) is 29.2 Å². The molecule has 1 amide bonds.